The molecule has 0 amide bonds. The number of hydrogen-bond acceptors (Lipinski definition) is 0. The summed E-state index contributed by atoms with van der Waals surface area (Å²) in [7, 11) is 0. The van der Waals surface area contributed by atoms with Gasteiger partial charge in [-0.1, -0.05) is 0 Å². The van der Waals surface area contributed by atoms with Crippen LogP contribution >= 0.6 is 32.4 Å². The summed E-state index contributed by atoms with van der Waals surface area (Å²) in [6, 6.07) is 40.6. The molecule has 0 heterocycles. The van der Waals surface area contributed by atoms with E-state index in [1.54, 1.807) is 0 Å². The Morgan fingerprint density at radius 3 is 1.29 bits per heavy atom. The molecule has 0 radical (unpaired) electrons. The van der Waals surface area contributed by atoms with Crippen LogP contribution in [0.15, 0.2) is 115 Å². The van der Waals surface area contributed by atoms with Gasteiger partial charge in [0.15, 0.2) is 0 Å². The molecular formula is C25H21BrClP. The van der Waals surface area contributed by atoms with Crippen LogP contribution in [-0.2, 0) is 6.16 Å². The maximum absolute atomic E-state index is 6.65. The molecule has 0 unspecified atom stereocenters. The van der Waals surface area contributed by atoms with Crippen LogP contribution in [0.1, 0.15) is 5.56 Å². The number of rotatable bonds is 5. The van der Waals surface area contributed by atoms with E-state index in [2.05, 4.69) is 119 Å². The van der Waals surface area contributed by atoms with E-state index in [0.717, 1.165) is 16.7 Å². The first-order chi connectivity index (χ1) is 13.6. The van der Waals surface area contributed by atoms with Gasteiger partial charge >= 0.3 is 180 Å². The van der Waals surface area contributed by atoms with Gasteiger partial charge in [-0.3, -0.25) is 0 Å². The van der Waals surface area contributed by atoms with Gasteiger partial charge in [-0.2, -0.15) is 0 Å². The molecule has 0 aliphatic carbocycles. The average Bonchev–Trinajstić information content (AvgIpc) is 2.77. The molecule has 140 valence electrons. The monoisotopic (exact) mass is 466 g/mol. The van der Waals surface area contributed by atoms with Crippen LogP contribution in [0.2, 0.25) is 5.02 Å². The second kappa shape index (κ2) is 7.84. The summed E-state index contributed by atoms with van der Waals surface area (Å²) in [6.45, 7) is 0. The Bertz CT molecular complexity index is 966. The van der Waals surface area contributed by atoms with Crippen molar-refractivity contribution < 1.29 is 0 Å². The molecule has 0 saturated heterocycles. The van der Waals surface area contributed by atoms with Crippen molar-refractivity contribution in [2.45, 2.75) is 6.16 Å². The summed E-state index contributed by atoms with van der Waals surface area (Å²) in [5, 5.41) is 1.71. The molecule has 0 aliphatic heterocycles. The Morgan fingerprint density at radius 1 is 0.536 bits per heavy atom. The van der Waals surface area contributed by atoms with Crippen LogP contribution in [0.4, 0.5) is 0 Å². The maximum atomic E-state index is 6.65. The van der Waals surface area contributed by atoms with Gasteiger partial charge in [0, 0.05) is 0 Å². The van der Waals surface area contributed by atoms with Gasteiger partial charge in [-0.25, -0.2) is 0 Å². The van der Waals surface area contributed by atoms with E-state index in [9.17, 15) is 0 Å². The second-order valence-corrected chi connectivity index (χ2v) is 16.3. The summed E-state index contributed by atoms with van der Waals surface area (Å²) in [4.78, 5) is 0. The quantitative estimate of drug-likeness (QED) is 0.287. The fourth-order valence-electron chi connectivity index (χ4n) is 3.88. The van der Waals surface area contributed by atoms with E-state index >= 15 is 0 Å². The molecule has 0 saturated carbocycles. The third-order valence-corrected chi connectivity index (χ3v) is 15.2. The predicted molar refractivity (Wildman–Crippen MR) is 129 cm³/mol. The van der Waals surface area contributed by atoms with Crippen molar-refractivity contribution in [2.75, 3.05) is 0 Å². The molecule has 3 heteroatoms. The zero-order valence-corrected chi connectivity index (χ0v) is 18.6. The van der Waals surface area contributed by atoms with Crippen molar-refractivity contribution in [3.63, 3.8) is 0 Å². The van der Waals surface area contributed by atoms with Gasteiger partial charge in [0.2, 0.25) is 0 Å². The van der Waals surface area contributed by atoms with E-state index in [4.69, 9.17) is 11.6 Å². The van der Waals surface area contributed by atoms with Gasteiger partial charge in [-0.15, -0.1) is 0 Å². The van der Waals surface area contributed by atoms with Gasteiger partial charge in [0.1, 0.15) is 0 Å². The fraction of sp³-hybridized carbons (Fsp3) is 0.0400. The Hall–Kier alpha value is -1.92. The van der Waals surface area contributed by atoms with Crippen molar-refractivity contribution in [2.24, 2.45) is 0 Å². The molecule has 0 nitrogen and oxygen atoms in total. The third-order valence-electron chi connectivity index (χ3n) is 5.31. The predicted octanol–water partition coefficient (Wildman–Crippen LogP) is 6.68. The van der Waals surface area contributed by atoms with Gasteiger partial charge < -0.3 is 0 Å². The van der Waals surface area contributed by atoms with Crippen molar-refractivity contribution in [1.82, 2.24) is 0 Å². The summed E-state index contributed by atoms with van der Waals surface area (Å²) in [5.41, 5.74) is 1.15. The minimum atomic E-state index is -2.98. The summed E-state index contributed by atoms with van der Waals surface area (Å²) < 4.78 is 0. The summed E-state index contributed by atoms with van der Waals surface area (Å²) >= 11 is 11.1. The Morgan fingerprint density at radius 2 is 0.893 bits per heavy atom. The average molecular weight is 468 g/mol. The first kappa shape index (κ1) is 19.4. The molecule has 0 fully saturated rings. The van der Waals surface area contributed by atoms with E-state index in [0.29, 0.717) is 0 Å². The topological polar surface area (TPSA) is 0 Å². The molecule has 4 rings (SSSR count). The van der Waals surface area contributed by atoms with Crippen molar-refractivity contribution >= 4 is 48.3 Å². The van der Waals surface area contributed by atoms with E-state index < -0.39 is 5.31 Å². The van der Waals surface area contributed by atoms with Gasteiger partial charge in [0.05, 0.1) is 0 Å². The number of halogens is 2. The van der Waals surface area contributed by atoms with Crippen molar-refractivity contribution in [3.05, 3.63) is 126 Å². The molecule has 4 aromatic rings. The summed E-state index contributed by atoms with van der Waals surface area (Å²) in [6.07, 6.45) is 0.809. The van der Waals surface area contributed by atoms with Gasteiger partial charge in [-0.05, 0) is 0 Å². The third kappa shape index (κ3) is 3.22. The molecule has 28 heavy (non-hydrogen) atoms. The Balaban J connectivity index is 2.11. The Labute approximate surface area is 179 Å². The molecule has 0 atom stereocenters. The van der Waals surface area contributed by atoms with Crippen molar-refractivity contribution in [3.8, 4) is 0 Å². The van der Waals surface area contributed by atoms with Crippen LogP contribution in [0.5, 0.6) is 0 Å². The molecule has 4 aromatic carbocycles. The normalized spacial score (nSPS) is 12.9. The number of hydrogen-bond donors (Lipinski definition) is 0. The SMILES string of the molecule is Clc1ccccc1CP(Br)(c1ccccc1)(c1ccccc1)c1ccccc1. The van der Waals surface area contributed by atoms with Crippen molar-refractivity contribution in [1.29, 1.82) is 0 Å². The minimum absolute atomic E-state index is 0.804. The molecule has 0 N–H and O–H groups in total. The summed E-state index contributed by atoms with van der Waals surface area (Å²) in [5.74, 6) is 0. The van der Waals surface area contributed by atoms with Gasteiger partial charge in [0.25, 0.3) is 0 Å². The molecule has 0 aliphatic rings. The van der Waals surface area contributed by atoms with Crippen LogP contribution in [0.3, 0.4) is 0 Å². The zero-order valence-electron chi connectivity index (χ0n) is 15.4. The molecular weight excluding hydrogens is 447 g/mol. The Kier molecular flexibility index (Phi) is 5.43. The molecule has 0 bridgehead atoms. The van der Waals surface area contributed by atoms with Crippen LogP contribution in [0.25, 0.3) is 0 Å². The number of benzene rings is 4. The van der Waals surface area contributed by atoms with E-state index in [1.807, 2.05) is 12.1 Å². The zero-order chi connectivity index (χ0) is 19.5. The first-order valence-corrected chi connectivity index (χ1v) is 14.1. The molecule has 0 spiro atoms. The van der Waals surface area contributed by atoms with Crippen LogP contribution in [-0.4, -0.2) is 0 Å². The van der Waals surface area contributed by atoms with Crippen LogP contribution in [0, 0.1) is 0 Å². The van der Waals surface area contributed by atoms with E-state index in [1.165, 1.54) is 15.9 Å². The second-order valence-electron chi connectivity index (χ2n) is 6.94. The standard InChI is InChI=1S/C25H21BrClP/c26-28(22-13-4-1-5-14-22,23-15-6-2-7-16-23,24-17-8-3-9-18-24)20-21-12-10-11-19-25(21)27/h1-19H,20H2. The molecule has 0 aromatic heterocycles. The fourth-order valence-corrected chi connectivity index (χ4v) is 11.9. The van der Waals surface area contributed by atoms with Crippen LogP contribution < -0.4 is 15.9 Å². The van der Waals surface area contributed by atoms with E-state index in [-0.39, 0.29) is 0 Å². The first-order valence-electron chi connectivity index (χ1n) is 9.26.